The van der Waals surface area contributed by atoms with Crippen LogP contribution in [-0.4, -0.2) is 16.2 Å². The molecule has 0 bridgehead atoms. The summed E-state index contributed by atoms with van der Waals surface area (Å²) in [5.74, 6) is -0.954. The Hall–Kier alpha value is -2.11. The number of thiocarbonyl (C=S) groups is 1. The van der Waals surface area contributed by atoms with E-state index in [0.29, 0.717) is 16.7 Å². The van der Waals surface area contributed by atoms with E-state index in [2.05, 4.69) is 10.6 Å². The van der Waals surface area contributed by atoms with Crippen LogP contribution in [0.1, 0.15) is 15.9 Å². The van der Waals surface area contributed by atoms with Crippen molar-refractivity contribution >= 4 is 40.6 Å². The fourth-order valence-electron chi connectivity index (χ4n) is 1.66. The lowest BCUT2D eigenvalue weighted by atomic mass is 10.2. The predicted octanol–water partition coefficient (Wildman–Crippen LogP) is 3.52. The zero-order valence-electron chi connectivity index (χ0n) is 11.0. The van der Waals surface area contributed by atoms with Crippen LogP contribution in [0.3, 0.4) is 0 Å². The minimum Gasteiger partial charge on any atom is -0.478 e. The van der Waals surface area contributed by atoms with Gasteiger partial charge in [-0.2, -0.15) is 0 Å². The number of aromatic carboxylic acids is 1. The normalized spacial score (nSPS) is 9.95. The standard InChI is InChI=1S/C15H13ClN2O2S/c16-12-5-1-10(2-6-12)9-17-15(21)18-13-7-3-11(4-8-13)14(19)20/h1-8H,9H2,(H,19,20)(H2,17,18,21). The number of halogens is 1. The van der Waals surface area contributed by atoms with Gasteiger partial charge in [-0.1, -0.05) is 23.7 Å². The van der Waals surface area contributed by atoms with Gasteiger partial charge in [-0.3, -0.25) is 0 Å². The van der Waals surface area contributed by atoms with Gasteiger partial charge in [0.25, 0.3) is 0 Å². The van der Waals surface area contributed by atoms with Crippen LogP contribution in [0.4, 0.5) is 5.69 Å². The van der Waals surface area contributed by atoms with Crippen molar-refractivity contribution in [1.29, 1.82) is 0 Å². The minimum atomic E-state index is -0.954. The number of carboxylic acids is 1. The van der Waals surface area contributed by atoms with Crippen LogP contribution in [0, 0.1) is 0 Å². The first-order chi connectivity index (χ1) is 10.0. The van der Waals surface area contributed by atoms with Gasteiger partial charge in [0.15, 0.2) is 5.11 Å². The van der Waals surface area contributed by atoms with Crippen molar-refractivity contribution in [2.75, 3.05) is 5.32 Å². The maximum Gasteiger partial charge on any atom is 0.335 e. The van der Waals surface area contributed by atoms with E-state index in [1.165, 1.54) is 12.1 Å². The van der Waals surface area contributed by atoms with E-state index in [4.69, 9.17) is 28.9 Å². The summed E-state index contributed by atoms with van der Waals surface area (Å²) in [5, 5.41) is 16.0. The van der Waals surface area contributed by atoms with Crippen molar-refractivity contribution < 1.29 is 9.90 Å². The van der Waals surface area contributed by atoms with E-state index in [-0.39, 0.29) is 5.56 Å². The zero-order chi connectivity index (χ0) is 15.2. The summed E-state index contributed by atoms with van der Waals surface area (Å²) in [7, 11) is 0. The molecule has 2 rings (SSSR count). The lowest BCUT2D eigenvalue weighted by Crippen LogP contribution is -2.27. The Kier molecular flexibility index (Phi) is 5.14. The molecule has 0 saturated heterocycles. The molecule has 0 aliphatic heterocycles. The third kappa shape index (κ3) is 4.73. The highest BCUT2D eigenvalue weighted by Gasteiger charge is 2.03. The van der Waals surface area contributed by atoms with Gasteiger partial charge in [-0.15, -0.1) is 0 Å². The molecular weight excluding hydrogens is 308 g/mol. The van der Waals surface area contributed by atoms with E-state index in [0.717, 1.165) is 11.3 Å². The molecule has 0 saturated carbocycles. The Bertz CT molecular complexity index is 642. The lowest BCUT2D eigenvalue weighted by molar-refractivity contribution is 0.0697. The largest absolute Gasteiger partial charge is 0.478 e. The second-order valence-corrected chi connectivity index (χ2v) is 5.16. The first kappa shape index (κ1) is 15.3. The van der Waals surface area contributed by atoms with Gasteiger partial charge < -0.3 is 15.7 Å². The number of carbonyl (C=O) groups is 1. The van der Waals surface area contributed by atoms with Crippen molar-refractivity contribution in [3.8, 4) is 0 Å². The summed E-state index contributed by atoms with van der Waals surface area (Å²) in [6, 6.07) is 13.8. The van der Waals surface area contributed by atoms with Crippen molar-refractivity contribution in [3.05, 3.63) is 64.7 Å². The maximum atomic E-state index is 10.7. The number of rotatable bonds is 4. The molecule has 0 amide bonds. The van der Waals surface area contributed by atoms with E-state index in [9.17, 15) is 4.79 Å². The van der Waals surface area contributed by atoms with Gasteiger partial charge in [0, 0.05) is 17.3 Å². The Morgan fingerprint density at radius 1 is 1.10 bits per heavy atom. The second kappa shape index (κ2) is 7.06. The van der Waals surface area contributed by atoms with Crippen molar-refractivity contribution in [2.45, 2.75) is 6.54 Å². The van der Waals surface area contributed by atoms with Crippen molar-refractivity contribution in [1.82, 2.24) is 5.32 Å². The van der Waals surface area contributed by atoms with E-state index in [1.54, 1.807) is 12.1 Å². The second-order valence-electron chi connectivity index (χ2n) is 4.32. The summed E-state index contributed by atoms with van der Waals surface area (Å²) in [6.45, 7) is 0.580. The Labute approximate surface area is 132 Å². The lowest BCUT2D eigenvalue weighted by Gasteiger charge is -2.10. The molecular formula is C15H13ClN2O2S. The molecule has 0 radical (unpaired) electrons. The third-order valence-corrected chi connectivity index (χ3v) is 3.25. The Morgan fingerprint density at radius 2 is 1.71 bits per heavy atom. The summed E-state index contributed by atoms with van der Waals surface area (Å²) in [5.41, 5.74) is 2.03. The molecule has 3 N–H and O–H groups in total. The summed E-state index contributed by atoms with van der Waals surface area (Å²) >= 11 is 11.0. The Morgan fingerprint density at radius 3 is 2.29 bits per heavy atom. The SMILES string of the molecule is O=C(O)c1ccc(NC(=S)NCc2ccc(Cl)cc2)cc1. The molecule has 0 atom stereocenters. The molecule has 2 aromatic rings. The van der Waals surface area contributed by atoms with Crippen LogP contribution < -0.4 is 10.6 Å². The van der Waals surface area contributed by atoms with Gasteiger partial charge in [0.1, 0.15) is 0 Å². The van der Waals surface area contributed by atoms with Gasteiger partial charge in [0.2, 0.25) is 0 Å². The highest BCUT2D eigenvalue weighted by atomic mass is 35.5. The van der Waals surface area contributed by atoms with Crippen LogP contribution in [-0.2, 0) is 6.54 Å². The van der Waals surface area contributed by atoms with E-state index in [1.807, 2.05) is 24.3 Å². The van der Waals surface area contributed by atoms with Crippen molar-refractivity contribution in [2.24, 2.45) is 0 Å². The number of hydrogen-bond donors (Lipinski definition) is 3. The monoisotopic (exact) mass is 320 g/mol. The molecule has 0 aliphatic carbocycles. The highest BCUT2D eigenvalue weighted by molar-refractivity contribution is 7.80. The molecule has 4 nitrogen and oxygen atoms in total. The summed E-state index contributed by atoms with van der Waals surface area (Å²) in [4.78, 5) is 10.7. The van der Waals surface area contributed by atoms with Crippen molar-refractivity contribution in [3.63, 3.8) is 0 Å². The summed E-state index contributed by atoms with van der Waals surface area (Å²) in [6.07, 6.45) is 0. The molecule has 0 unspecified atom stereocenters. The molecule has 0 aliphatic rings. The first-order valence-corrected chi connectivity index (χ1v) is 6.96. The maximum absolute atomic E-state index is 10.7. The van der Waals surface area contributed by atoms with Gasteiger partial charge >= 0.3 is 5.97 Å². The van der Waals surface area contributed by atoms with Crippen LogP contribution in [0.25, 0.3) is 0 Å². The first-order valence-electron chi connectivity index (χ1n) is 6.17. The third-order valence-electron chi connectivity index (χ3n) is 2.76. The quantitative estimate of drug-likeness (QED) is 0.752. The van der Waals surface area contributed by atoms with Crippen LogP contribution in [0.15, 0.2) is 48.5 Å². The molecule has 2 aromatic carbocycles. The average Bonchev–Trinajstić information content (AvgIpc) is 2.47. The predicted molar refractivity (Wildman–Crippen MR) is 87.9 cm³/mol. The molecule has 21 heavy (non-hydrogen) atoms. The average molecular weight is 321 g/mol. The number of benzene rings is 2. The van der Waals surface area contributed by atoms with E-state index < -0.39 is 5.97 Å². The minimum absolute atomic E-state index is 0.237. The fourth-order valence-corrected chi connectivity index (χ4v) is 1.97. The molecule has 6 heteroatoms. The number of carboxylic acid groups (broad SMARTS) is 1. The molecule has 0 aromatic heterocycles. The molecule has 0 spiro atoms. The fraction of sp³-hybridized carbons (Fsp3) is 0.0667. The molecule has 0 heterocycles. The number of hydrogen-bond acceptors (Lipinski definition) is 2. The molecule has 108 valence electrons. The topological polar surface area (TPSA) is 61.4 Å². The van der Waals surface area contributed by atoms with E-state index >= 15 is 0 Å². The smallest absolute Gasteiger partial charge is 0.335 e. The van der Waals surface area contributed by atoms with Gasteiger partial charge in [0.05, 0.1) is 5.56 Å². The summed E-state index contributed by atoms with van der Waals surface area (Å²) < 4.78 is 0. The van der Waals surface area contributed by atoms with Gasteiger partial charge in [-0.05, 0) is 54.2 Å². The number of anilines is 1. The van der Waals surface area contributed by atoms with Gasteiger partial charge in [-0.25, -0.2) is 4.79 Å². The highest BCUT2D eigenvalue weighted by Crippen LogP contribution is 2.11. The molecule has 0 fully saturated rings. The number of nitrogens with one attached hydrogen (secondary N) is 2. The van der Waals surface area contributed by atoms with Crippen LogP contribution in [0.5, 0.6) is 0 Å². The van der Waals surface area contributed by atoms with Crippen LogP contribution in [0.2, 0.25) is 5.02 Å². The Balaban J connectivity index is 1.86. The zero-order valence-corrected chi connectivity index (χ0v) is 12.5. The van der Waals surface area contributed by atoms with Crippen LogP contribution >= 0.6 is 23.8 Å².